The highest BCUT2D eigenvalue weighted by Crippen LogP contribution is 2.39. The molecule has 1 nitrogen and oxygen atoms in total. The Balaban J connectivity index is 2.74. The van der Waals surface area contributed by atoms with Crippen LogP contribution in [0.3, 0.4) is 0 Å². The van der Waals surface area contributed by atoms with E-state index in [4.69, 9.17) is 4.43 Å². The van der Waals surface area contributed by atoms with Crippen molar-refractivity contribution in [3.63, 3.8) is 0 Å². The van der Waals surface area contributed by atoms with E-state index in [1.165, 1.54) is 18.6 Å². The molecule has 0 radical (unpaired) electrons. The van der Waals surface area contributed by atoms with Gasteiger partial charge in [0.2, 0.25) is 8.32 Å². The molecule has 0 saturated carbocycles. The van der Waals surface area contributed by atoms with Crippen molar-refractivity contribution < 1.29 is 4.43 Å². The Hall–Kier alpha value is -0.503. The zero-order chi connectivity index (χ0) is 12.4. The van der Waals surface area contributed by atoms with E-state index in [0.717, 1.165) is 6.42 Å². The molecule has 0 N–H and O–H groups in total. The van der Waals surface area contributed by atoms with Crippen molar-refractivity contribution in [2.45, 2.75) is 58.2 Å². The first-order chi connectivity index (χ1) is 7.26. The van der Waals surface area contributed by atoms with Crippen LogP contribution < -0.4 is 0 Å². The Bertz CT molecular complexity index is 284. The highest BCUT2D eigenvalue weighted by Gasteiger charge is 2.39. The van der Waals surface area contributed by atoms with Gasteiger partial charge in [0, 0.05) is 6.42 Å². The molecule has 1 rings (SSSR count). The molecule has 0 fully saturated rings. The summed E-state index contributed by atoms with van der Waals surface area (Å²) in [6.07, 6.45) is 7.88. The van der Waals surface area contributed by atoms with Gasteiger partial charge in [0.25, 0.3) is 0 Å². The molecule has 0 aliphatic heterocycles. The standard InChI is InChI=1S/C14H26OSi/c1-7-12-9-8-10-13(11-12)15-16(5,6)14(2,3)4/h7,11-12H,1,8-10H2,2-6H3/t12-/m1/s1. The van der Waals surface area contributed by atoms with E-state index < -0.39 is 8.32 Å². The fourth-order valence-corrected chi connectivity index (χ4v) is 2.80. The van der Waals surface area contributed by atoms with Gasteiger partial charge in [-0.1, -0.05) is 26.8 Å². The molecule has 0 heterocycles. The highest BCUT2D eigenvalue weighted by molar-refractivity contribution is 6.74. The number of allylic oxidation sites excluding steroid dienone is 3. The molecule has 0 saturated heterocycles. The quantitative estimate of drug-likeness (QED) is 0.503. The van der Waals surface area contributed by atoms with Gasteiger partial charge in [0.15, 0.2) is 0 Å². The summed E-state index contributed by atoms with van der Waals surface area (Å²) in [7, 11) is -1.64. The van der Waals surface area contributed by atoms with E-state index in [9.17, 15) is 0 Å². The Kier molecular flexibility index (Phi) is 4.05. The number of hydrogen-bond acceptors (Lipinski definition) is 1. The van der Waals surface area contributed by atoms with Gasteiger partial charge in [0.1, 0.15) is 0 Å². The predicted molar refractivity (Wildman–Crippen MR) is 73.9 cm³/mol. The van der Waals surface area contributed by atoms with Gasteiger partial charge < -0.3 is 4.43 Å². The first-order valence-electron chi connectivity index (χ1n) is 6.28. The molecule has 0 bridgehead atoms. The molecule has 2 heteroatoms. The van der Waals surface area contributed by atoms with E-state index in [-0.39, 0.29) is 5.04 Å². The monoisotopic (exact) mass is 238 g/mol. The molecule has 0 amide bonds. The second-order valence-corrected chi connectivity index (χ2v) is 11.0. The van der Waals surface area contributed by atoms with Crippen LogP contribution in [0.1, 0.15) is 40.0 Å². The maximum absolute atomic E-state index is 6.33. The third kappa shape index (κ3) is 3.24. The highest BCUT2D eigenvalue weighted by atomic mass is 28.4. The zero-order valence-electron chi connectivity index (χ0n) is 11.5. The minimum Gasteiger partial charge on any atom is -0.547 e. The zero-order valence-corrected chi connectivity index (χ0v) is 12.5. The van der Waals surface area contributed by atoms with Gasteiger partial charge in [-0.15, -0.1) is 6.58 Å². The van der Waals surface area contributed by atoms with Crippen LogP contribution in [0, 0.1) is 5.92 Å². The fraction of sp³-hybridized carbons (Fsp3) is 0.714. The van der Waals surface area contributed by atoms with Crippen molar-refractivity contribution in [2.75, 3.05) is 0 Å². The molecule has 92 valence electrons. The Morgan fingerprint density at radius 2 is 2.06 bits per heavy atom. The second-order valence-electron chi connectivity index (χ2n) is 6.29. The lowest BCUT2D eigenvalue weighted by Gasteiger charge is -2.38. The molecular formula is C14H26OSi. The van der Waals surface area contributed by atoms with Crippen LogP contribution in [0.5, 0.6) is 0 Å². The van der Waals surface area contributed by atoms with Crippen LogP contribution in [-0.2, 0) is 4.43 Å². The summed E-state index contributed by atoms with van der Waals surface area (Å²) < 4.78 is 6.33. The predicted octanol–water partition coefficient (Wildman–Crippen LogP) is 4.88. The molecule has 16 heavy (non-hydrogen) atoms. The molecular weight excluding hydrogens is 212 g/mol. The van der Waals surface area contributed by atoms with Crippen molar-refractivity contribution in [2.24, 2.45) is 5.92 Å². The van der Waals surface area contributed by atoms with Crippen LogP contribution in [0.25, 0.3) is 0 Å². The average Bonchev–Trinajstić information content (AvgIpc) is 2.15. The van der Waals surface area contributed by atoms with Crippen molar-refractivity contribution in [1.29, 1.82) is 0 Å². The van der Waals surface area contributed by atoms with Gasteiger partial charge in [-0.25, -0.2) is 0 Å². The lowest BCUT2D eigenvalue weighted by atomic mass is 9.95. The lowest BCUT2D eigenvalue weighted by molar-refractivity contribution is 0.344. The van der Waals surface area contributed by atoms with Crippen molar-refractivity contribution in [3.8, 4) is 0 Å². The SMILES string of the molecule is C=C[C@H]1C=C(O[Si](C)(C)C(C)(C)C)CCC1. The van der Waals surface area contributed by atoms with Crippen molar-refractivity contribution >= 4 is 8.32 Å². The third-order valence-electron chi connectivity index (χ3n) is 3.86. The number of hydrogen-bond donors (Lipinski definition) is 0. The normalized spacial score (nSPS) is 22.6. The average molecular weight is 238 g/mol. The summed E-state index contributed by atoms with van der Waals surface area (Å²) in [5, 5.41) is 0.287. The molecule has 0 unspecified atom stereocenters. The van der Waals surface area contributed by atoms with Crippen LogP contribution >= 0.6 is 0 Å². The maximum atomic E-state index is 6.33. The van der Waals surface area contributed by atoms with Crippen LogP contribution in [0.4, 0.5) is 0 Å². The first kappa shape index (κ1) is 13.6. The third-order valence-corrected chi connectivity index (χ3v) is 8.24. The minimum atomic E-state index is -1.64. The summed E-state index contributed by atoms with van der Waals surface area (Å²) in [6, 6.07) is 0. The van der Waals surface area contributed by atoms with Gasteiger partial charge in [-0.3, -0.25) is 0 Å². The van der Waals surface area contributed by atoms with E-state index in [2.05, 4.69) is 46.5 Å². The van der Waals surface area contributed by atoms with E-state index >= 15 is 0 Å². The van der Waals surface area contributed by atoms with Gasteiger partial charge in [0.05, 0.1) is 5.76 Å². The first-order valence-corrected chi connectivity index (χ1v) is 9.19. The summed E-state index contributed by atoms with van der Waals surface area (Å²) >= 11 is 0. The topological polar surface area (TPSA) is 9.23 Å². The summed E-state index contributed by atoms with van der Waals surface area (Å²) in [5.41, 5.74) is 0. The van der Waals surface area contributed by atoms with Crippen molar-refractivity contribution in [3.05, 3.63) is 24.5 Å². The summed E-state index contributed by atoms with van der Waals surface area (Å²) in [5.74, 6) is 1.73. The summed E-state index contributed by atoms with van der Waals surface area (Å²) in [6.45, 7) is 15.4. The largest absolute Gasteiger partial charge is 0.547 e. The molecule has 0 aromatic carbocycles. The van der Waals surface area contributed by atoms with Gasteiger partial charge in [-0.05, 0) is 43.0 Å². The number of rotatable bonds is 3. The molecule has 0 aromatic heterocycles. The van der Waals surface area contributed by atoms with Crippen LogP contribution in [0.2, 0.25) is 18.1 Å². The minimum absolute atomic E-state index is 0.287. The fourth-order valence-electron chi connectivity index (χ4n) is 1.67. The molecule has 0 aromatic rings. The second kappa shape index (κ2) is 4.78. The summed E-state index contributed by atoms with van der Waals surface area (Å²) in [4.78, 5) is 0. The molecule has 1 aliphatic carbocycles. The lowest BCUT2D eigenvalue weighted by Crippen LogP contribution is -2.40. The van der Waals surface area contributed by atoms with Crippen molar-refractivity contribution in [1.82, 2.24) is 0 Å². The van der Waals surface area contributed by atoms with Crippen LogP contribution in [0.15, 0.2) is 24.5 Å². The van der Waals surface area contributed by atoms with E-state index in [0.29, 0.717) is 5.92 Å². The maximum Gasteiger partial charge on any atom is 0.250 e. The molecule has 1 atom stereocenters. The van der Waals surface area contributed by atoms with E-state index in [1.54, 1.807) is 0 Å². The van der Waals surface area contributed by atoms with Crippen LogP contribution in [-0.4, -0.2) is 8.32 Å². The Morgan fingerprint density at radius 3 is 2.56 bits per heavy atom. The van der Waals surface area contributed by atoms with E-state index in [1.807, 2.05) is 6.08 Å². The molecule has 1 aliphatic rings. The Morgan fingerprint density at radius 1 is 1.44 bits per heavy atom. The van der Waals surface area contributed by atoms with Gasteiger partial charge in [-0.2, -0.15) is 0 Å². The molecule has 0 spiro atoms. The smallest absolute Gasteiger partial charge is 0.250 e. The Labute approximate surface area is 102 Å². The van der Waals surface area contributed by atoms with Gasteiger partial charge >= 0.3 is 0 Å².